The van der Waals surface area contributed by atoms with Crippen molar-refractivity contribution in [2.45, 2.75) is 11.8 Å². The Morgan fingerprint density at radius 3 is 2.64 bits per heavy atom. The first-order valence-electron chi connectivity index (χ1n) is 4.01. The Bertz CT molecular complexity index is 397. The molecule has 1 aromatic rings. The van der Waals surface area contributed by atoms with Crippen molar-refractivity contribution >= 4 is 10.1 Å². The van der Waals surface area contributed by atoms with Crippen molar-refractivity contribution in [1.82, 2.24) is 0 Å². The Morgan fingerprint density at radius 1 is 1.36 bits per heavy atom. The number of hydrogen-bond acceptors (Lipinski definition) is 4. The fourth-order valence-corrected chi connectivity index (χ4v) is 1.88. The van der Waals surface area contributed by atoms with Crippen LogP contribution in [0.1, 0.15) is 5.56 Å². The van der Waals surface area contributed by atoms with E-state index in [1.165, 1.54) is 13.2 Å². The van der Waals surface area contributed by atoms with Crippen LogP contribution in [0.25, 0.3) is 0 Å². The molecule has 0 aliphatic carbocycles. The molecule has 0 N–H and O–H groups in total. The van der Waals surface area contributed by atoms with Crippen molar-refractivity contribution in [2.75, 3.05) is 13.9 Å². The lowest BCUT2D eigenvalue weighted by atomic mass is 10.2. The van der Waals surface area contributed by atoms with E-state index in [4.69, 9.17) is 0 Å². The summed E-state index contributed by atoms with van der Waals surface area (Å²) in [6.45, 7) is 1.55. The minimum absolute atomic E-state index is 0.148. The van der Waals surface area contributed by atoms with E-state index in [9.17, 15) is 8.42 Å². The highest BCUT2D eigenvalue weighted by atomic mass is 32.2. The van der Waals surface area contributed by atoms with Crippen LogP contribution in [-0.4, -0.2) is 22.3 Å². The smallest absolute Gasteiger partial charge is 0.299 e. The Morgan fingerprint density at radius 2 is 2.07 bits per heavy atom. The molecule has 0 aliphatic heterocycles. The van der Waals surface area contributed by atoms with E-state index in [2.05, 4.69) is 8.92 Å². The number of ether oxygens (including phenoxy) is 1. The first-order valence-corrected chi connectivity index (χ1v) is 5.42. The molecule has 78 valence electrons. The van der Waals surface area contributed by atoms with Gasteiger partial charge >= 0.3 is 0 Å². The van der Waals surface area contributed by atoms with E-state index in [1.807, 2.05) is 13.0 Å². The summed E-state index contributed by atoms with van der Waals surface area (Å²) in [5.41, 5.74) is 0.868. The highest BCUT2D eigenvalue weighted by molar-refractivity contribution is 7.86. The van der Waals surface area contributed by atoms with Gasteiger partial charge in [-0.15, -0.1) is 0 Å². The van der Waals surface area contributed by atoms with Gasteiger partial charge in [0.1, 0.15) is 0 Å². The zero-order valence-corrected chi connectivity index (χ0v) is 8.87. The summed E-state index contributed by atoms with van der Waals surface area (Å²) in [4.78, 5) is 0.148. The van der Waals surface area contributed by atoms with Gasteiger partial charge in [-0.1, -0.05) is 12.1 Å². The molecule has 0 fully saturated rings. The molecule has 0 saturated heterocycles. The second-order valence-electron chi connectivity index (χ2n) is 2.80. The number of methoxy groups -OCH3 is 1. The van der Waals surface area contributed by atoms with E-state index in [0.29, 0.717) is 0 Å². The van der Waals surface area contributed by atoms with Crippen LogP contribution in [0.3, 0.4) is 0 Å². The van der Waals surface area contributed by atoms with Gasteiger partial charge < -0.3 is 4.74 Å². The van der Waals surface area contributed by atoms with Crippen molar-refractivity contribution in [2.24, 2.45) is 0 Å². The van der Waals surface area contributed by atoms with E-state index in [0.717, 1.165) is 5.56 Å². The summed E-state index contributed by atoms with van der Waals surface area (Å²) >= 11 is 0. The first kappa shape index (κ1) is 11.2. The highest BCUT2D eigenvalue weighted by Crippen LogP contribution is 2.13. The second kappa shape index (κ2) is 4.54. The third-order valence-electron chi connectivity index (χ3n) is 1.60. The van der Waals surface area contributed by atoms with Crippen LogP contribution < -0.4 is 0 Å². The summed E-state index contributed by atoms with van der Waals surface area (Å²) in [5, 5.41) is 0. The maximum atomic E-state index is 11.4. The lowest BCUT2D eigenvalue weighted by Crippen LogP contribution is -2.08. The van der Waals surface area contributed by atoms with Gasteiger partial charge in [0.25, 0.3) is 10.1 Å². The highest BCUT2D eigenvalue weighted by Gasteiger charge is 2.14. The topological polar surface area (TPSA) is 52.6 Å². The lowest BCUT2D eigenvalue weighted by molar-refractivity contribution is 0.0561. The van der Waals surface area contributed by atoms with Gasteiger partial charge in [0.05, 0.1) is 4.90 Å². The molecule has 5 heteroatoms. The average Bonchev–Trinajstić information content (AvgIpc) is 2.15. The third-order valence-corrected chi connectivity index (χ3v) is 2.84. The molecule has 0 radical (unpaired) electrons. The molecule has 1 rings (SSSR count). The van der Waals surface area contributed by atoms with Crippen LogP contribution >= 0.6 is 0 Å². The second-order valence-corrected chi connectivity index (χ2v) is 4.41. The van der Waals surface area contributed by atoms with Crippen LogP contribution in [0.2, 0.25) is 0 Å². The number of benzene rings is 1. The average molecular weight is 216 g/mol. The zero-order chi connectivity index (χ0) is 10.6. The van der Waals surface area contributed by atoms with Crippen LogP contribution in [0, 0.1) is 6.92 Å². The maximum absolute atomic E-state index is 11.4. The Labute approximate surface area is 83.6 Å². The van der Waals surface area contributed by atoms with Crippen LogP contribution in [-0.2, 0) is 19.0 Å². The summed E-state index contributed by atoms with van der Waals surface area (Å²) in [6, 6.07) is 6.51. The zero-order valence-electron chi connectivity index (χ0n) is 8.06. The van der Waals surface area contributed by atoms with Gasteiger partial charge in [-0.3, -0.25) is 0 Å². The van der Waals surface area contributed by atoms with Gasteiger partial charge in [-0.2, -0.15) is 8.42 Å². The maximum Gasteiger partial charge on any atom is 0.299 e. The Balaban J connectivity index is 2.93. The predicted molar refractivity (Wildman–Crippen MR) is 51.3 cm³/mol. The minimum atomic E-state index is -3.67. The third kappa shape index (κ3) is 2.80. The predicted octanol–water partition coefficient (Wildman–Crippen LogP) is 1.30. The molecule has 4 nitrogen and oxygen atoms in total. The molecule has 14 heavy (non-hydrogen) atoms. The Hall–Kier alpha value is -0.910. The monoisotopic (exact) mass is 216 g/mol. The number of aryl methyl sites for hydroxylation is 1. The van der Waals surface area contributed by atoms with Crippen molar-refractivity contribution in [1.29, 1.82) is 0 Å². The first-order chi connectivity index (χ1) is 6.56. The lowest BCUT2D eigenvalue weighted by Gasteiger charge is -2.04. The van der Waals surface area contributed by atoms with Crippen molar-refractivity contribution in [3.05, 3.63) is 29.8 Å². The van der Waals surface area contributed by atoms with Crippen LogP contribution in [0.4, 0.5) is 0 Å². The molecular formula is C9H12O4S. The summed E-state index contributed by atoms with van der Waals surface area (Å²) in [5.74, 6) is 0. The van der Waals surface area contributed by atoms with Crippen LogP contribution in [0.5, 0.6) is 0 Å². The van der Waals surface area contributed by atoms with E-state index < -0.39 is 10.1 Å². The van der Waals surface area contributed by atoms with Crippen molar-refractivity contribution in [3.63, 3.8) is 0 Å². The van der Waals surface area contributed by atoms with Gasteiger partial charge in [-0.25, -0.2) is 4.18 Å². The summed E-state index contributed by atoms with van der Waals surface area (Å²) in [6.07, 6.45) is 0. The number of rotatable bonds is 4. The SMILES string of the molecule is COCOS(=O)(=O)c1cccc(C)c1. The molecule has 0 saturated carbocycles. The van der Waals surface area contributed by atoms with E-state index >= 15 is 0 Å². The van der Waals surface area contributed by atoms with Gasteiger partial charge in [0.2, 0.25) is 0 Å². The van der Waals surface area contributed by atoms with E-state index in [1.54, 1.807) is 12.1 Å². The van der Waals surface area contributed by atoms with Gasteiger partial charge in [-0.05, 0) is 24.6 Å². The number of hydrogen-bond donors (Lipinski definition) is 0. The van der Waals surface area contributed by atoms with Crippen LogP contribution in [0.15, 0.2) is 29.2 Å². The molecule has 1 aromatic carbocycles. The Kier molecular flexibility index (Phi) is 3.62. The largest absolute Gasteiger partial charge is 0.357 e. The molecule has 0 bridgehead atoms. The van der Waals surface area contributed by atoms with Crippen molar-refractivity contribution < 1.29 is 17.3 Å². The molecule has 0 atom stereocenters. The molecular weight excluding hydrogens is 204 g/mol. The summed E-state index contributed by atoms with van der Waals surface area (Å²) < 4.78 is 32.0. The van der Waals surface area contributed by atoms with Crippen molar-refractivity contribution in [3.8, 4) is 0 Å². The molecule has 0 amide bonds. The standard InChI is InChI=1S/C9H12O4S/c1-8-4-3-5-9(6-8)14(10,11)13-7-12-2/h3-6H,7H2,1-2H3. The fraction of sp³-hybridized carbons (Fsp3) is 0.333. The molecule has 0 unspecified atom stereocenters. The molecule has 0 heterocycles. The minimum Gasteiger partial charge on any atom is -0.357 e. The van der Waals surface area contributed by atoms with E-state index in [-0.39, 0.29) is 11.7 Å². The molecule has 0 aliphatic rings. The quantitative estimate of drug-likeness (QED) is 0.562. The summed E-state index contributed by atoms with van der Waals surface area (Å²) in [7, 11) is -2.30. The fourth-order valence-electron chi connectivity index (χ4n) is 0.950. The normalized spacial score (nSPS) is 11.6. The molecule has 0 aromatic heterocycles. The van der Waals surface area contributed by atoms with Gasteiger partial charge in [0, 0.05) is 7.11 Å². The molecule has 0 spiro atoms. The van der Waals surface area contributed by atoms with Gasteiger partial charge in [0.15, 0.2) is 6.79 Å².